The lowest BCUT2D eigenvalue weighted by Crippen LogP contribution is -2.32. The summed E-state index contributed by atoms with van der Waals surface area (Å²) in [4.78, 5) is 0. The Morgan fingerprint density at radius 2 is 2.00 bits per heavy atom. The minimum atomic E-state index is -4.43. The molecular formula is C10H17F3N2O. The number of nitrogens with one attached hydrogen (secondary N) is 1. The normalized spacial score (nSPS) is 13.4. The number of alkyl halides is 3. The zero-order chi connectivity index (χ0) is 12.4. The molecule has 0 aliphatic heterocycles. The quantitative estimate of drug-likeness (QED) is 0.658. The van der Waals surface area contributed by atoms with Crippen molar-refractivity contribution in [2.75, 3.05) is 26.8 Å². The van der Waals surface area contributed by atoms with Crippen LogP contribution in [0.1, 0.15) is 19.3 Å². The molecule has 0 aliphatic carbocycles. The van der Waals surface area contributed by atoms with Crippen molar-refractivity contribution in [2.24, 2.45) is 5.92 Å². The fourth-order valence-corrected chi connectivity index (χ4v) is 1.15. The second-order valence-corrected chi connectivity index (χ2v) is 3.48. The Kier molecular flexibility index (Phi) is 7.95. The summed E-state index contributed by atoms with van der Waals surface area (Å²) in [6.45, 7) is 0.839. The smallest absolute Gasteiger partial charge is 0.385 e. The summed E-state index contributed by atoms with van der Waals surface area (Å²) in [5.74, 6) is -1.91. The number of methoxy groups -OCH3 is 1. The van der Waals surface area contributed by atoms with Crippen LogP contribution in [0.2, 0.25) is 0 Å². The summed E-state index contributed by atoms with van der Waals surface area (Å²) in [6, 6.07) is 1.25. The molecule has 0 heterocycles. The molecule has 0 aromatic heterocycles. The third-order valence-corrected chi connectivity index (χ3v) is 2.10. The highest BCUT2D eigenvalue weighted by Crippen LogP contribution is 2.24. The van der Waals surface area contributed by atoms with E-state index in [1.807, 2.05) is 0 Å². The second-order valence-electron chi connectivity index (χ2n) is 3.48. The van der Waals surface area contributed by atoms with Crippen LogP contribution in [-0.2, 0) is 4.74 Å². The topological polar surface area (TPSA) is 45.0 Å². The van der Waals surface area contributed by atoms with Crippen molar-refractivity contribution in [1.29, 1.82) is 5.26 Å². The maximum absolute atomic E-state index is 12.1. The third-order valence-electron chi connectivity index (χ3n) is 2.10. The highest BCUT2D eigenvalue weighted by molar-refractivity contribution is 4.89. The van der Waals surface area contributed by atoms with Gasteiger partial charge in [0.1, 0.15) is 0 Å². The van der Waals surface area contributed by atoms with Gasteiger partial charge in [0.05, 0.1) is 6.07 Å². The van der Waals surface area contributed by atoms with E-state index in [0.29, 0.717) is 13.2 Å². The Morgan fingerprint density at radius 3 is 2.50 bits per heavy atom. The van der Waals surface area contributed by atoms with Crippen molar-refractivity contribution in [3.8, 4) is 6.07 Å². The minimum Gasteiger partial charge on any atom is -0.385 e. The molecule has 1 atom stereocenters. The zero-order valence-corrected chi connectivity index (χ0v) is 9.31. The van der Waals surface area contributed by atoms with Gasteiger partial charge in [-0.25, -0.2) is 0 Å². The van der Waals surface area contributed by atoms with Gasteiger partial charge in [0.2, 0.25) is 0 Å². The van der Waals surface area contributed by atoms with Gasteiger partial charge in [-0.3, -0.25) is 0 Å². The van der Waals surface area contributed by atoms with Gasteiger partial charge in [0.25, 0.3) is 0 Å². The van der Waals surface area contributed by atoms with E-state index in [4.69, 9.17) is 10.00 Å². The zero-order valence-electron chi connectivity index (χ0n) is 9.31. The lowest BCUT2D eigenvalue weighted by atomic mass is 10.1. The molecular weight excluding hydrogens is 221 g/mol. The van der Waals surface area contributed by atoms with E-state index < -0.39 is 12.1 Å². The van der Waals surface area contributed by atoms with E-state index in [-0.39, 0.29) is 6.54 Å². The predicted octanol–water partition coefficient (Wildman–Crippen LogP) is 2.09. The average molecular weight is 238 g/mol. The third kappa shape index (κ3) is 7.49. The van der Waals surface area contributed by atoms with Crippen molar-refractivity contribution in [3.05, 3.63) is 0 Å². The molecule has 16 heavy (non-hydrogen) atoms. The number of nitrogens with zero attached hydrogens (tertiary/aromatic N) is 1. The Hall–Kier alpha value is -0.800. The summed E-state index contributed by atoms with van der Waals surface area (Å²) in [7, 11) is 1.61. The molecule has 0 saturated heterocycles. The van der Waals surface area contributed by atoms with Crippen molar-refractivity contribution in [2.45, 2.75) is 25.4 Å². The first-order valence-corrected chi connectivity index (χ1v) is 5.18. The lowest BCUT2D eigenvalue weighted by Gasteiger charge is -2.13. The Labute approximate surface area is 93.6 Å². The summed E-state index contributed by atoms with van der Waals surface area (Å²) >= 11 is 0. The SMILES string of the molecule is COCCCCCNCC(C#N)C(F)(F)F. The fourth-order valence-electron chi connectivity index (χ4n) is 1.15. The molecule has 0 rings (SSSR count). The van der Waals surface area contributed by atoms with Crippen LogP contribution >= 0.6 is 0 Å². The maximum atomic E-state index is 12.1. The van der Waals surface area contributed by atoms with E-state index in [1.165, 1.54) is 6.07 Å². The van der Waals surface area contributed by atoms with Gasteiger partial charge in [0.15, 0.2) is 5.92 Å². The minimum absolute atomic E-state index is 0.329. The van der Waals surface area contributed by atoms with Crippen molar-refractivity contribution in [1.82, 2.24) is 5.32 Å². The first-order chi connectivity index (χ1) is 7.52. The Morgan fingerprint density at radius 1 is 1.31 bits per heavy atom. The molecule has 0 saturated carbocycles. The Bertz CT molecular complexity index is 213. The van der Waals surface area contributed by atoms with Crippen LogP contribution in [0.25, 0.3) is 0 Å². The van der Waals surface area contributed by atoms with Crippen LogP contribution in [0.5, 0.6) is 0 Å². The van der Waals surface area contributed by atoms with Gasteiger partial charge < -0.3 is 10.1 Å². The van der Waals surface area contributed by atoms with E-state index in [2.05, 4.69) is 5.32 Å². The molecule has 1 unspecified atom stereocenters. The summed E-state index contributed by atoms with van der Waals surface area (Å²) < 4.78 is 41.2. The van der Waals surface area contributed by atoms with Crippen LogP contribution in [0.15, 0.2) is 0 Å². The molecule has 0 fully saturated rings. The number of hydrogen-bond acceptors (Lipinski definition) is 3. The fraction of sp³-hybridized carbons (Fsp3) is 0.900. The molecule has 0 radical (unpaired) electrons. The first-order valence-electron chi connectivity index (χ1n) is 5.18. The summed E-state index contributed by atoms with van der Waals surface area (Å²) in [5, 5.41) is 10.9. The highest BCUT2D eigenvalue weighted by atomic mass is 19.4. The van der Waals surface area contributed by atoms with Gasteiger partial charge in [0, 0.05) is 20.3 Å². The van der Waals surface area contributed by atoms with E-state index >= 15 is 0 Å². The standard InChI is InChI=1S/C10H17F3N2O/c1-16-6-4-2-3-5-15-8-9(7-14)10(11,12)13/h9,15H,2-6,8H2,1H3. The summed E-state index contributed by atoms with van der Waals surface area (Å²) in [5.41, 5.74) is 0. The molecule has 0 aliphatic rings. The van der Waals surface area contributed by atoms with Crippen molar-refractivity contribution in [3.63, 3.8) is 0 Å². The van der Waals surface area contributed by atoms with Crippen molar-refractivity contribution >= 4 is 0 Å². The van der Waals surface area contributed by atoms with Crippen LogP contribution in [0, 0.1) is 17.2 Å². The molecule has 0 aromatic carbocycles. The maximum Gasteiger partial charge on any atom is 0.405 e. The lowest BCUT2D eigenvalue weighted by molar-refractivity contribution is -0.157. The van der Waals surface area contributed by atoms with E-state index in [1.54, 1.807) is 7.11 Å². The number of hydrogen-bond donors (Lipinski definition) is 1. The molecule has 0 aromatic rings. The van der Waals surface area contributed by atoms with Crippen molar-refractivity contribution < 1.29 is 17.9 Å². The van der Waals surface area contributed by atoms with Gasteiger partial charge >= 0.3 is 6.18 Å². The number of halogens is 3. The first kappa shape index (κ1) is 15.2. The molecule has 6 heteroatoms. The Balaban J connectivity index is 3.47. The monoisotopic (exact) mass is 238 g/mol. The van der Waals surface area contributed by atoms with Crippen LogP contribution < -0.4 is 5.32 Å². The molecule has 1 N–H and O–H groups in total. The van der Waals surface area contributed by atoms with Gasteiger partial charge in [-0.2, -0.15) is 18.4 Å². The number of nitriles is 1. The largest absolute Gasteiger partial charge is 0.405 e. The van der Waals surface area contributed by atoms with Gasteiger partial charge in [-0.15, -0.1) is 0 Å². The average Bonchev–Trinajstić information content (AvgIpc) is 2.20. The molecule has 94 valence electrons. The number of unbranched alkanes of at least 4 members (excludes halogenated alkanes) is 2. The molecule has 0 amide bonds. The summed E-state index contributed by atoms with van der Waals surface area (Å²) in [6.07, 6.45) is -1.83. The molecule has 3 nitrogen and oxygen atoms in total. The highest BCUT2D eigenvalue weighted by Gasteiger charge is 2.39. The second kappa shape index (κ2) is 8.36. The number of ether oxygens (including phenoxy) is 1. The van der Waals surface area contributed by atoms with Crippen LogP contribution in [0.4, 0.5) is 13.2 Å². The molecule has 0 bridgehead atoms. The van der Waals surface area contributed by atoms with Crippen LogP contribution in [-0.4, -0.2) is 33.0 Å². The van der Waals surface area contributed by atoms with Crippen LogP contribution in [0.3, 0.4) is 0 Å². The molecule has 0 spiro atoms. The van der Waals surface area contributed by atoms with Gasteiger partial charge in [-0.05, 0) is 25.8 Å². The number of rotatable bonds is 8. The predicted molar refractivity (Wildman–Crippen MR) is 53.8 cm³/mol. The van der Waals surface area contributed by atoms with Gasteiger partial charge in [-0.1, -0.05) is 0 Å². The van der Waals surface area contributed by atoms with E-state index in [9.17, 15) is 13.2 Å². The van der Waals surface area contributed by atoms with E-state index in [0.717, 1.165) is 19.3 Å².